The summed E-state index contributed by atoms with van der Waals surface area (Å²) in [4.78, 5) is 28.2. The van der Waals surface area contributed by atoms with Gasteiger partial charge in [-0.15, -0.1) is 0 Å². The first-order chi connectivity index (χ1) is 14.9. The molecule has 1 N–H and O–H groups in total. The van der Waals surface area contributed by atoms with Gasteiger partial charge in [-0.3, -0.25) is 9.36 Å². The summed E-state index contributed by atoms with van der Waals surface area (Å²) in [5.74, 6) is -0.0213. The Kier molecular flexibility index (Phi) is 5.02. The van der Waals surface area contributed by atoms with E-state index in [4.69, 9.17) is 4.74 Å². The number of aromatic nitrogens is 2. The third kappa shape index (κ3) is 3.06. The van der Waals surface area contributed by atoms with Gasteiger partial charge < -0.3 is 19.3 Å². The summed E-state index contributed by atoms with van der Waals surface area (Å²) in [7, 11) is 6.64. The van der Waals surface area contributed by atoms with Gasteiger partial charge in [0.15, 0.2) is 0 Å². The summed E-state index contributed by atoms with van der Waals surface area (Å²) in [6.45, 7) is 0. The van der Waals surface area contributed by atoms with E-state index in [1.807, 2.05) is 72.1 Å². The first-order valence-corrected chi connectivity index (χ1v) is 9.73. The number of hydrogen-bond acceptors (Lipinski definition) is 5. The second-order valence-corrected chi connectivity index (χ2v) is 7.44. The molecule has 0 saturated heterocycles. The number of esters is 1. The Balaban J connectivity index is 2.37. The van der Waals surface area contributed by atoms with Crippen LogP contribution < -0.4 is 10.5 Å². The average Bonchev–Trinajstić information content (AvgIpc) is 3.14. The molecule has 2 aromatic carbocycles. The van der Waals surface area contributed by atoms with E-state index in [0.29, 0.717) is 22.2 Å². The van der Waals surface area contributed by atoms with Crippen LogP contribution in [0.15, 0.2) is 59.6 Å². The lowest BCUT2D eigenvalue weighted by Gasteiger charge is -2.19. The smallest absolute Gasteiger partial charge is 0.342 e. The van der Waals surface area contributed by atoms with E-state index in [-0.39, 0.29) is 11.1 Å². The molecule has 0 aliphatic rings. The first-order valence-electron chi connectivity index (χ1n) is 9.73. The zero-order chi connectivity index (χ0) is 22.3. The van der Waals surface area contributed by atoms with Crippen LogP contribution >= 0.6 is 0 Å². The molecule has 0 fully saturated rings. The number of carbonyl (C=O) groups excluding carboxylic acids is 1. The maximum absolute atomic E-state index is 13.5. The number of aryl methyl sites for hydroxylation is 1. The number of methoxy groups -OCH3 is 1. The van der Waals surface area contributed by atoms with Gasteiger partial charge in [-0.05, 0) is 35.9 Å². The maximum Gasteiger partial charge on any atom is 0.342 e. The Bertz CT molecular complexity index is 1400. The fourth-order valence-electron chi connectivity index (χ4n) is 4.07. The Morgan fingerprint density at radius 3 is 2.45 bits per heavy atom. The van der Waals surface area contributed by atoms with Crippen molar-refractivity contribution in [1.82, 2.24) is 9.13 Å². The number of fused-ring (bicyclic) bond motifs is 3. The van der Waals surface area contributed by atoms with E-state index in [0.717, 1.165) is 22.9 Å². The highest BCUT2D eigenvalue weighted by atomic mass is 16.5. The topological polar surface area (TPSA) is 76.7 Å². The van der Waals surface area contributed by atoms with Crippen molar-refractivity contribution in [1.29, 1.82) is 0 Å². The minimum absolute atomic E-state index is 0.219. The van der Waals surface area contributed by atoms with Crippen LogP contribution in [0, 0.1) is 0 Å². The molecular weight excluding hydrogens is 394 g/mol. The minimum atomic E-state index is -0.578. The second-order valence-electron chi connectivity index (χ2n) is 7.44. The van der Waals surface area contributed by atoms with Crippen molar-refractivity contribution in [2.24, 2.45) is 7.05 Å². The molecule has 2 heterocycles. The molecule has 0 spiro atoms. The molecule has 31 heavy (non-hydrogen) atoms. The van der Waals surface area contributed by atoms with Gasteiger partial charge in [0.25, 0.3) is 5.56 Å². The van der Waals surface area contributed by atoms with Gasteiger partial charge in [0, 0.05) is 32.2 Å². The van der Waals surface area contributed by atoms with E-state index in [1.165, 1.54) is 11.7 Å². The molecule has 4 rings (SSSR count). The first kappa shape index (κ1) is 20.3. The molecule has 7 heteroatoms. The lowest BCUT2D eigenvalue weighted by molar-refractivity contribution is 0.0603. The van der Waals surface area contributed by atoms with Crippen molar-refractivity contribution in [3.63, 3.8) is 0 Å². The fourth-order valence-corrected chi connectivity index (χ4v) is 4.07. The number of hydrogen-bond donors (Lipinski definition) is 1. The van der Waals surface area contributed by atoms with E-state index in [1.54, 1.807) is 13.1 Å². The predicted octanol–water partition coefficient (Wildman–Crippen LogP) is 3.86. The lowest BCUT2D eigenvalue weighted by atomic mass is 10.1. The zero-order valence-electron chi connectivity index (χ0n) is 17.8. The van der Waals surface area contributed by atoms with Crippen molar-refractivity contribution < 1.29 is 14.6 Å². The quantitative estimate of drug-likeness (QED) is 0.403. The minimum Gasteiger partial charge on any atom is -0.516 e. The van der Waals surface area contributed by atoms with Gasteiger partial charge in [0.1, 0.15) is 11.4 Å². The number of aliphatic hydroxyl groups excluding tert-OH is 1. The van der Waals surface area contributed by atoms with Crippen LogP contribution in [0.4, 0.5) is 5.82 Å². The highest BCUT2D eigenvalue weighted by Gasteiger charge is 2.29. The normalized spacial score (nSPS) is 11.5. The summed E-state index contributed by atoms with van der Waals surface area (Å²) in [5, 5.41) is 10.3. The number of benzene rings is 2. The molecule has 7 nitrogen and oxygen atoms in total. The second kappa shape index (κ2) is 7.68. The molecule has 158 valence electrons. The number of rotatable bonds is 4. The molecule has 4 aromatic rings. The van der Waals surface area contributed by atoms with Crippen LogP contribution in [-0.2, 0) is 11.8 Å². The number of pyridine rings is 1. The summed E-state index contributed by atoms with van der Waals surface area (Å²) < 4.78 is 8.53. The SMILES string of the molecule is COC(=O)c1c(N(C)C)n(-c2ccccc2)c2c1c(=O)n(C)c1ccc(C=CO)cc21. The zero-order valence-corrected chi connectivity index (χ0v) is 17.8. The van der Waals surface area contributed by atoms with Gasteiger partial charge in [0.2, 0.25) is 0 Å². The molecule has 0 saturated carbocycles. The van der Waals surface area contributed by atoms with Gasteiger partial charge >= 0.3 is 5.97 Å². The van der Waals surface area contributed by atoms with E-state index in [2.05, 4.69) is 0 Å². The molecule has 0 bridgehead atoms. The molecular formula is C24H23N3O4. The van der Waals surface area contributed by atoms with Crippen LogP contribution in [0.3, 0.4) is 0 Å². The number of carbonyl (C=O) groups is 1. The molecule has 0 radical (unpaired) electrons. The summed E-state index contributed by atoms with van der Waals surface area (Å²) in [6.07, 6.45) is 2.54. The fraction of sp³-hybridized carbons (Fsp3) is 0.167. The Morgan fingerprint density at radius 2 is 1.84 bits per heavy atom. The van der Waals surface area contributed by atoms with Gasteiger partial charge in [0.05, 0.1) is 29.8 Å². The molecule has 2 aromatic heterocycles. The largest absolute Gasteiger partial charge is 0.516 e. The maximum atomic E-state index is 13.5. The Labute approximate surface area is 179 Å². The van der Waals surface area contributed by atoms with Gasteiger partial charge in [-0.25, -0.2) is 4.79 Å². The number of ether oxygens (including phenoxy) is 1. The lowest BCUT2D eigenvalue weighted by Crippen LogP contribution is -2.20. The van der Waals surface area contributed by atoms with Gasteiger partial charge in [-0.1, -0.05) is 24.3 Å². The van der Waals surface area contributed by atoms with Crippen LogP contribution in [0.25, 0.3) is 33.6 Å². The number of anilines is 1. The molecule has 0 atom stereocenters. The van der Waals surface area contributed by atoms with E-state index in [9.17, 15) is 14.7 Å². The van der Waals surface area contributed by atoms with Crippen LogP contribution in [0.1, 0.15) is 15.9 Å². The molecule has 0 unspecified atom stereocenters. The molecule has 0 aliphatic heterocycles. The summed E-state index contributed by atoms with van der Waals surface area (Å²) in [5.41, 5.74) is 2.83. The summed E-state index contributed by atoms with van der Waals surface area (Å²) >= 11 is 0. The Hall–Kier alpha value is -4.00. The molecule has 0 aliphatic carbocycles. The van der Waals surface area contributed by atoms with Crippen molar-refractivity contribution in [2.45, 2.75) is 0 Å². The van der Waals surface area contributed by atoms with Crippen molar-refractivity contribution in [3.8, 4) is 5.69 Å². The average molecular weight is 417 g/mol. The highest BCUT2D eigenvalue weighted by Crippen LogP contribution is 2.37. The highest BCUT2D eigenvalue weighted by molar-refractivity contribution is 6.17. The van der Waals surface area contributed by atoms with E-state index < -0.39 is 5.97 Å². The molecule has 0 amide bonds. The third-order valence-electron chi connectivity index (χ3n) is 5.40. The number of nitrogens with zero attached hydrogens (tertiary/aromatic N) is 3. The predicted molar refractivity (Wildman–Crippen MR) is 123 cm³/mol. The monoisotopic (exact) mass is 417 g/mol. The van der Waals surface area contributed by atoms with E-state index >= 15 is 0 Å². The standard InChI is InChI=1S/C24H23N3O4/c1-25(2)22-20(24(30)31-4)19-21(27(22)16-8-6-5-7-9-16)17-14-15(12-13-28)10-11-18(17)26(3)23(19)29/h5-14,28H,1-4H3. The summed E-state index contributed by atoms with van der Waals surface area (Å²) in [6, 6.07) is 15.1. The number of para-hydroxylation sites is 1. The Morgan fingerprint density at radius 1 is 1.13 bits per heavy atom. The number of aliphatic hydroxyl groups is 1. The van der Waals surface area contributed by atoms with Gasteiger partial charge in [-0.2, -0.15) is 0 Å². The third-order valence-corrected chi connectivity index (χ3v) is 5.40. The van der Waals surface area contributed by atoms with Crippen molar-refractivity contribution in [2.75, 3.05) is 26.1 Å². The van der Waals surface area contributed by atoms with Crippen molar-refractivity contribution >= 4 is 39.7 Å². The van der Waals surface area contributed by atoms with Crippen molar-refractivity contribution in [3.05, 3.63) is 76.3 Å². The van der Waals surface area contributed by atoms with Crippen LogP contribution in [-0.4, -0.2) is 41.4 Å². The van der Waals surface area contributed by atoms with Crippen LogP contribution in [0.5, 0.6) is 0 Å². The van der Waals surface area contributed by atoms with Crippen LogP contribution in [0.2, 0.25) is 0 Å².